The van der Waals surface area contributed by atoms with Crippen molar-refractivity contribution in [3.05, 3.63) is 51.3 Å². The van der Waals surface area contributed by atoms with Crippen LogP contribution in [0.15, 0.2) is 34.9 Å². The first-order valence-corrected chi connectivity index (χ1v) is 7.14. The van der Waals surface area contributed by atoms with Crippen LogP contribution in [-0.4, -0.2) is 17.0 Å². The molecule has 5 heteroatoms. The van der Waals surface area contributed by atoms with Crippen LogP contribution in [0.1, 0.15) is 24.4 Å². The minimum absolute atomic E-state index is 0.134. The molecule has 0 fully saturated rings. The summed E-state index contributed by atoms with van der Waals surface area (Å²) in [5.41, 5.74) is 1.08. The minimum Gasteiger partial charge on any atom is -0.353 e. The highest BCUT2D eigenvalue weighted by Crippen LogP contribution is 2.29. The Hall–Kier alpha value is -1.13. The number of hydrogen-bond donors (Lipinski definition) is 0. The van der Waals surface area contributed by atoms with Crippen molar-refractivity contribution >= 4 is 33.3 Å². The minimum atomic E-state index is 0.134. The predicted octanol–water partition coefficient (Wildman–Crippen LogP) is 4.40. The van der Waals surface area contributed by atoms with E-state index in [4.69, 9.17) is 11.6 Å². The summed E-state index contributed by atoms with van der Waals surface area (Å²) < 4.78 is 0.785. The Morgan fingerprint density at radius 1 is 1.26 bits per heavy atom. The van der Waals surface area contributed by atoms with Crippen molar-refractivity contribution in [2.75, 3.05) is 11.9 Å². The van der Waals surface area contributed by atoms with Crippen LogP contribution in [0.4, 0.5) is 5.82 Å². The molecule has 0 saturated heterocycles. The van der Waals surface area contributed by atoms with Crippen LogP contribution in [0.2, 0.25) is 5.02 Å². The molecule has 1 unspecified atom stereocenters. The molecule has 1 atom stereocenters. The summed E-state index contributed by atoms with van der Waals surface area (Å²) in [5, 5.41) is 0.770. The Kier molecular flexibility index (Phi) is 4.42. The summed E-state index contributed by atoms with van der Waals surface area (Å²) in [5.74, 6) is 1.61. The van der Waals surface area contributed by atoms with Gasteiger partial charge in [0.2, 0.25) is 0 Å². The molecule has 0 spiro atoms. The van der Waals surface area contributed by atoms with E-state index >= 15 is 0 Å². The van der Waals surface area contributed by atoms with Crippen LogP contribution in [0.25, 0.3) is 0 Å². The van der Waals surface area contributed by atoms with E-state index in [2.05, 4.69) is 37.7 Å². The van der Waals surface area contributed by atoms with Crippen molar-refractivity contribution in [3.8, 4) is 0 Å². The average Bonchev–Trinajstić information content (AvgIpc) is 2.36. The van der Waals surface area contributed by atoms with Gasteiger partial charge in [-0.25, -0.2) is 9.97 Å². The molecule has 3 nitrogen and oxygen atoms in total. The molecule has 1 aromatic carbocycles. The third kappa shape index (κ3) is 3.25. The summed E-state index contributed by atoms with van der Waals surface area (Å²) in [4.78, 5) is 10.8. The normalized spacial score (nSPS) is 12.3. The van der Waals surface area contributed by atoms with Crippen LogP contribution >= 0.6 is 27.5 Å². The second-order valence-corrected chi connectivity index (χ2v) is 5.62. The molecule has 1 heterocycles. The number of benzene rings is 1. The van der Waals surface area contributed by atoms with E-state index in [0.29, 0.717) is 0 Å². The van der Waals surface area contributed by atoms with E-state index in [1.54, 1.807) is 0 Å². The van der Waals surface area contributed by atoms with Crippen LogP contribution < -0.4 is 4.90 Å². The van der Waals surface area contributed by atoms with Gasteiger partial charge in [0.1, 0.15) is 16.2 Å². The smallest absolute Gasteiger partial charge is 0.133 e. The molecular weight excluding hydrogens is 326 g/mol. The van der Waals surface area contributed by atoms with Gasteiger partial charge in [-0.05, 0) is 41.4 Å². The van der Waals surface area contributed by atoms with Gasteiger partial charge in [-0.2, -0.15) is 0 Å². The molecule has 100 valence electrons. The Bertz CT molecular complexity index is 568. The molecule has 2 rings (SSSR count). The monoisotopic (exact) mass is 339 g/mol. The largest absolute Gasteiger partial charge is 0.353 e. The average molecular weight is 341 g/mol. The maximum Gasteiger partial charge on any atom is 0.133 e. The predicted molar refractivity (Wildman–Crippen MR) is 82.7 cm³/mol. The van der Waals surface area contributed by atoms with E-state index in [1.165, 1.54) is 0 Å². The molecular formula is C14H15BrClN3. The zero-order valence-electron chi connectivity index (χ0n) is 11.1. The van der Waals surface area contributed by atoms with Gasteiger partial charge in [-0.15, -0.1) is 0 Å². The lowest BCUT2D eigenvalue weighted by Crippen LogP contribution is -2.23. The summed E-state index contributed by atoms with van der Waals surface area (Å²) in [6.07, 6.45) is 0. The number of rotatable bonds is 3. The van der Waals surface area contributed by atoms with Gasteiger partial charge in [-0.3, -0.25) is 0 Å². The number of aromatic nitrogens is 2. The van der Waals surface area contributed by atoms with Gasteiger partial charge >= 0.3 is 0 Å². The lowest BCUT2D eigenvalue weighted by Gasteiger charge is -2.27. The summed E-state index contributed by atoms with van der Waals surface area (Å²) in [6.45, 7) is 3.98. The molecule has 19 heavy (non-hydrogen) atoms. The van der Waals surface area contributed by atoms with Gasteiger partial charge in [0, 0.05) is 18.1 Å². The van der Waals surface area contributed by atoms with Crippen LogP contribution in [0, 0.1) is 6.92 Å². The highest BCUT2D eigenvalue weighted by Gasteiger charge is 2.16. The third-order valence-electron chi connectivity index (χ3n) is 3.09. The number of hydrogen-bond acceptors (Lipinski definition) is 3. The van der Waals surface area contributed by atoms with E-state index < -0.39 is 0 Å². The molecule has 0 aliphatic heterocycles. The first kappa shape index (κ1) is 14.3. The zero-order chi connectivity index (χ0) is 14.0. The van der Waals surface area contributed by atoms with Crippen LogP contribution in [0.5, 0.6) is 0 Å². The van der Waals surface area contributed by atoms with Crippen molar-refractivity contribution in [2.45, 2.75) is 19.9 Å². The summed E-state index contributed by atoms with van der Waals surface area (Å²) in [7, 11) is 2.00. The lowest BCUT2D eigenvalue weighted by atomic mass is 10.1. The molecule has 0 saturated carbocycles. The fraction of sp³-hybridized carbons (Fsp3) is 0.286. The van der Waals surface area contributed by atoms with Gasteiger partial charge in [0.25, 0.3) is 0 Å². The van der Waals surface area contributed by atoms with Crippen molar-refractivity contribution in [2.24, 2.45) is 0 Å². The molecule has 0 radical (unpaired) electrons. The fourth-order valence-electron chi connectivity index (χ4n) is 1.92. The van der Waals surface area contributed by atoms with Gasteiger partial charge < -0.3 is 4.90 Å². The van der Waals surface area contributed by atoms with Gasteiger partial charge in [0.05, 0.1) is 6.04 Å². The maximum absolute atomic E-state index is 6.24. The topological polar surface area (TPSA) is 29.0 Å². The van der Waals surface area contributed by atoms with Crippen molar-refractivity contribution in [3.63, 3.8) is 0 Å². The fourth-order valence-corrected chi connectivity index (χ4v) is 2.67. The van der Waals surface area contributed by atoms with Gasteiger partial charge in [-0.1, -0.05) is 29.8 Å². The first-order chi connectivity index (χ1) is 8.99. The van der Waals surface area contributed by atoms with E-state index in [-0.39, 0.29) is 6.04 Å². The van der Waals surface area contributed by atoms with Crippen molar-refractivity contribution < 1.29 is 0 Å². The Balaban J connectivity index is 2.33. The second kappa shape index (κ2) is 5.88. The summed E-state index contributed by atoms with van der Waals surface area (Å²) >= 11 is 9.64. The molecule has 0 aliphatic rings. The first-order valence-electron chi connectivity index (χ1n) is 5.97. The number of nitrogens with zero attached hydrogens (tertiary/aromatic N) is 3. The van der Waals surface area contributed by atoms with E-state index in [1.807, 2.05) is 44.3 Å². The van der Waals surface area contributed by atoms with Crippen LogP contribution in [0.3, 0.4) is 0 Å². The molecule has 0 aliphatic carbocycles. The zero-order valence-corrected chi connectivity index (χ0v) is 13.4. The Labute approximate surface area is 126 Å². The highest BCUT2D eigenvalue weighted by molar-refractivity contribution is 9.10. The van der Waals surface area contributed by atoms with Crippen LogP contribution in [-0.2, 0) is 0 Å². The number of aryl methyl sites for hydroxylation is 1. The van der Waals surface area contributed by atoms with Crippen molar-refractivity contribution in [1.29, 1.82) is 0 Å². The third-order valence-corrected chi connectivity index (χ3v) is 3.84. The molecule has 0 N–H and O–H groups in total. The van der Waals surface area contributed by atoms with E-state index in [0.717, 1.165) is 26.8 Å². The van der Waals surface area contributed by atoms with E-state index in [9.17, 15) is 0 Å². The number of halogens is 2. The van der Waals surface area contributed by atoms with Crippen molar-refractivity contribution in [1.82, 2.24) is 9.97 Å². The Morgan fingerprint density at radius 2 is 1.95 bits per heavy atom. The standard InChI is InChI=1S/C14H15BrClN3/c1-9(11-6-4-5-7-12(11)16)19(3)14-8-13(15)17-10(2)18-14/h4-9H,1-3H3. The second-order valence-electron chi connectivity index (χ2n) is 4.40. The maximum atomic E-state index is 6.24. The SMILES string of the molecule is Cc1nc(Br)cc(N(C)C(C)c2ccccc2Cl)n1. The molecule has 0 amide bonds. The number of anilines is 1. The molecule has 2 aromatic rings. The lowest BCUT2D eigenvalue weighted by molar-refractivity contribution is 0.724. The summed E-state index contributed by atoms with van der Waals surface area (Å²) in [6, 6.07) is 9.90. The van der Waals surface area contributed by atoms with Gasteiger partial charge in [0.15, 0.2) is 0 Å². The molecule has 1 aromatic heterocycles. The quantitative estimate of drug-likeness (QED) is 0.776. The Morgan fingerprint density at radius 3 is 2.58 bits per heavy atom. The highest BCUT2D eigenvalue weighted by atomic mass is 79.9. The molecule has 0 bridgehead atoms.